The lowest BCUT2D eigenvalue weighted by molar-refractivity contribution is -0.384. The number of aryl methyl sites for hydroxylation is 1. The first-order valence-electron chi connectivity index (χ1n) is 8.95. The molecule has 7 heteroatoms. The van der Waals surface area contributed by atoms with Crippen molar-refractivity contribution in [1.29, 1.82) is 0 Å². The second-order valence-electron chi connectivity index (χ2n) is 6.40. The van der Waals surface area contributed by atoms with Gasteiger partial charge in [0.05, 0.1) is 16.2 Å². The van der Waals surface area contributed by atoms with Crippen molar-refractivity contribution in [3.63, 3.8) is 0 Å². The highest BCUT2D eigenvalue weighted by molar-refractivity contribution is 5.96. The number of nitro groups is 1. The zero-order chi connectivity index (χ0) is 19.2. The van der Waals surface area contributed by atoms with Crippen LogP contribution in [0.25, 0.3) is 0 Å². The Balaban J connectivity index is 1.66. The first-order valence-corrected chi connectivity index (χ1v) is 8.95. The van der Waals surface area contributed by atoms with Crippen molar-refractivity contribution < 1.29 is 19.2 Å². The van der Waals surface area contributed by atoms with E-state index >= 15 is 0 Å². The normalized spacial score (nSPS) is 13.4. The van der Waals surface area contributed by atoms with Crippen LogP contribution < -0.4 is 9.64 Å². The van der Waals surface area contributed by atoms with Gasteiger partial charge in [-0.05, 0) is 37.5 Å². The third-order valence-corrected chi connectivity index (χ3v) is 4.53. The highest BCUT2D eigenvalue weighted by atomic mass is 16.6. The Morgan fingerprint density at radius 2 is 1.89 bits per heavy atom. The Hall–Kier alpha value is -3.09. The van der Waals surface area contributed by atoms with Crippen LogP contribution in [0.15, 0.2) is 42.5 Å². The quantitative estimate of drug-likeness (QED) is 0.320. The zero-order valence-electron chi connectivity index (χ0n) is 15.2. The molecular formula is C20H22N2O5. The predicted octanol–water partition coefficient (Wildman–Crippen LogP) is 3.74. The number of esters is 1. The van der Waals surface area contributed by atoms with Crippen molar-refractivity contribution >= 4 is 17.3 Å². The van der Waals surface area contributed by atoms with Gasteiger partial charge in [-0.3, -0.25) is 10.1 Å². The lowest BCUT2D eigenvalue weighted by Crippen LogP contribution is -2.22. The third kappa shape index (κ3) is 4.55. The molecule has 27 heavy (non-hydrogen) atoms. The van der Waals surface area contributed by atoms with Crippen molar-refractivity contribution in [1.82, 2.24) is 0 Å². The molecule has 1 heterocycles. The fraction of sp³-hybridized carbons (Fsp3) is 0.350. The van der Waals surface area contributed by atoms with E-state index in [1.807, 2.05) is 31.2 Å². The molecule has 1 aliphatic heterocycles. The summed E-state index contributed by atoms with van der Waals surface area (Å²) < 4.78 is 10.9. The number of hydrogen-bond donors (Lipinski definition) is 0. The van der Waals surface area contributed by atoms with Crippen LogP contribution in [-0.2, 0) is 4.74 Å². The number of nitro benzene ring substituents is 1. The average molecular weight is 370 g/mol. The molecule has 0 bridgehead atoms. The summed E-state index contributed by atoms with van der Waals surface area (Å²) in [7, 11) is 0. The van der Waals surface area contributed by atoms with Crippen LogP contribution in [0.2, 0.25) is 0 Å². The highest BCUT2D eigenvalue weighted by Crippen LogP contribution is 2.29. The monoisotopic (exact) mass is 370 g/mol. The number of hydrogen-bond acceptors (Lipinski definition) is 6. The van der Waals surface area contributed by atoms with Gasteiger partial charge in [0.2, 0.25) is 0 Å². The van der Waals surface area contributed by atoms with Gasteiger partial charge in [0.25, 0.3) is 5.69 Å². The van der Waals surface area contributed by atoms with Crippen LogP contribution in [0, 0.1) is 17.0 Å². The van der Waals surface area contributed by atoms with Gasteiger partial charge < -0.3 is 14.4 Å². The molecule has 7 nitrogen and oxygen atoms in total. The van der Waals surface area contributed by atoms with Crippen LogP contribution in [0.5, 0.6) is 5.75 Å². The molecule has 0 N–H and O–H groups in total. The van der Waals surface area contributed by atoms with Crippen LogP contribution in [0.3, 0.4) is 0 Å². The molecule has 0 saturated carbocycles. The van der Waals surface area contributed by atoms with Crippen LogP contribution in [-0.4, -0.2) is 37.2 Å². The van der Waals surface area contributed by atoms with Gasteiger partial charge in [0, 0.05) is 25.2 Å². The predicted molar refractivity (Wildman–Crippen MR) is 101 cm³/mol. The van der Waals surface area contributed by atoms with E-state index in [0.717, 1.165) is 37.2 Å². The Kier molecular flexibility index (Phi) is 5.90. The van der Waals surface area contributed by atoms with Crippen molar-refractivity contribution in [2.45, 2.75) is 19.8 Å². The minimum Gasteiger partial charge on any atom is -0.490 e. The van der Waals surface area contributed by atoms with E-state index in [-0.39, 0.29) is 24.5 Å². The first kappa shape index (κ1) is 18.7. The smallest absolute Gasteiger partial charge is 0.340 e. The summed E-state index contributed by atoms with van der Waals surface area (Å²) in [5.41, 5.74) is 1.78. The summed E-state index contributed by atoms with van der Waals surface area (Å²) in [6.07, 6.45) is 2.07. The van der Waals surface area contributed by atoms with E-state index in [4.69, 9.17) is 9.47 Å². The maximum absolute atomic E-state index is 12.5. The minimum atomic E-state index is -0.575. The summed E-state index contributed by atoms with van der Waals surface area (Å²) in [5, 5.41) is 11.1. The molecule has 2 aromatic rings. The number of carbonyl (C=O) groups is 1. The number of anilines is 1. The Bertz CT molecular complexity index is 831. The SMILES string of the molecule is Cc1ccccc1OCCOC(=O)c1cc([N+](=O)[O-])ccc1N1CCCC1. The third-order valence-electron chi connectivity index (χ3n) is 4.53. The fourth-order valence-electron chi connectivity index (χ4n) is 3.12. The number of non-ortho nitro benzene ring substituents is 1. The van der Waals surface area contributed by atoms with Gasteiger partial charge in [0.1, 0.15) is 19.0 Å². The molecule has 0 spiro atoms. The molecule has 1 fully saturated rings. The summed E-state index contributed by atoms with van der Waals surface area (Å²) in [6, 6.07) is 11.9. The van der Waals surface area contributed by atoms with Crippen LogP contribution in [0.1, 0.15) is 28.8 Å². The van der Waals surface area contributed by atoms with E-state index in [9.17, 15) is 14.9 Å². The van der Waals surface area contributed by atoms with E-state index in [1.165, 1.54) is 12.1 Å². The van der Waals surface area contributed by atoms with Crippen molar-refractivity contribution in [2.75, 3.05) is 31.2 Å². The van der Waals surface area contributed by atoms with Gasteiger partial charge in [-0.1, -0.05) is 18.2 Å². The average Bonchev–Trinajstić information content (AvgIpc) is 3.20. The number of nitrogens with zero attached hydrogens (tertiary/aromatic N) is 2. The topological polar surface area (TPSA) is 81.9 Å². The lowest BCUT2D eigenvalue weighted by Gasteiger charge is -2.20. The number of para-hydroxylation sites is 1. The Morgan fingerprint density at radius 1 is 1.15 bits per heavy atom. The second kappa shape index (κ2) is 8.53. The largest absolute Gasteiger partial charge is 0.490 e. The number of carbonyl (C=O) groups excluding carboxylic acids is 1. The standard InChI is InChI=1S/C20H22N2O5/c1-15-6-2-3-7-19(15)26-12-13-27-20(23)17-14-16(22(24)25)8-9-18(17)21-10-4-5-11-21/h2-3,6-9,14H,4-5,10-13H2,1H3. The highest BCUT2D eigenvalue weighted by Gasteiger charge is 2.23. The Morgan fingerprint density at radius 3 is 2.59 bits per heavy atom. The summed E-state index contributed by atoms with van der Waals surface area (Å²) in [6.45, 7) is 3.87. The fourth-order valence-corrected chi connectivity index (χ4v) is 3.12. The van der Waals surface area contributed by atoms with Gasteiger partial charge in [-0.25, -0.2) is 4.79 Å². The molecule has 2 aromatic carbocycles. The Labute approximate surface area is 157 Å². The van der Waals surface area contributed by atoms with Crippen LogP contribution >= 0.6 is 0 Å². The summed E-state index contributed by atoms with van der Waals surface area (Å²) in [5.74, 6) is 0.163. The van der Waals surface area contributed by atoms with Crippen molar-refractivity contribution in [2.24, 2.45) is 0 Å². The molecule has 0 unspecified atom stereocenters. The molecule has 0 aliphatic carbocycles. The van der Waals surface area contributed by atoms with Gasteiger partial charge in [-0.2, -0.15) is 0 Å². The molecule has 0 amide bonds. The lowest BCUT2D eigenvalue weighted by atomic mass is 10.1. The summed E-state index contributed by atoms with van der Waals surface area (Å²) in [4.78, 5) is 25.2. The molecule has 0 atom stereocenters. The molecular weight excluding hydrogens is 348 g/mol. The van der Waals surface area contributed by atoms with Crippen LogP contribution in [0.4, 0.5) is 11.4 Å². The zero-order valence-corrected chi connectivity index (χ0v) is 15.2. The molecule has 0 radical (unpaired) electrons. The number of ether oxygens (including phenoxy) is 2. The minimum absolute atomic E-state index is 0.0648. The van der Waals surface area contributed by atoms with Gasteiger partial charge in [0.15, 0.2) is 0 Å². The number of benzene rings is 2. The molecule has 142 valence electrons. The van der Waals surface area contributed by atoms with Gasteiger partial charge in [-0.15, -0.1) is 0 Å². The maximum Gasteiger partial charge on any atom is 0.340 e. The first-order chi connectivity index (χ1) is 13.1. The van der Waals surface area contributed by atoms with E-state index in [0.29, 0.717) is 5.69 Å². The maximum atomic E-state index is 12.5. The van der Waals surface area contributed by atoms with Gasteiger partial charge >= 0.3 is 5.97 Å². The number of rotatable bonds is 7. The summed E-state index contributed by atoms with van der Waals surface area (Å²) >= 11 is 0. The van der Waals surface area contributed by atoms with Crippen molar-refractivity contribution in [3.8, 4) is 5.75 Å². The van der Waals surface area contributed by atoms with E-state index in [1.54, 1.807) is 6.07 Å². The molecule has 3 rings (SSSR count). The molecule has 0 aromatic heterocycles. The second-order valence-corrected chi connectivity index (χ2v) is 6.40. The molecule has 1 saturated heterocycles. The molecule has 1 aliphatic rings. The van der Waals surface area contributed by atoms with E-state index < -0.39 is 10.9 Å². The van der Waals surface area contributed by atoms with E-state index in [2.05, 4.69) is 4.90 Å². The van der Waals surface area contributed by atoms with Crippen molar-refractivity contribution in [3.05, 3.63) is 63.7 Å².